The minimum atomic E-state index is 0.169. The summed E-state index contributed by atoms with van der Waals surface area (Å²) < 4.78 is 16.5. The average Bonchev–Trinajstić information content (AvgIpc) is 2.93. The lowest BCUT2D eigenvalue weighted by Crippen LogP contribution is -2.38. The van der Waals surface area contributed by atoms with Crippen LogP contribution in [0.1, 0.15) is 12.8 Å². The van der Waals surface area contributed by atoms with Gasteiger partial charge in [0.2, 0.25) is 5.88 Å². The zero-order chi connectivity index (χ0) is 15.5. The number of nitrogen functional groups attached to an aromatic ring is 1. The largest absolute Gasteiger partial charge is 0.493 e. The number of piperidine rings is 1. The molecule has 0 saturated carbocycles. The van der Waals surface area contributed by atoms with Gasteiger partial charge in [-0.3, -0.25) is 0 Å². The second-order valence-electron chi connectivity index (χ2n) is 5.61. The fraction of sp³-hybridized carbons (Fsp3) is 0.438. The molecule has 2 N–H and O–H groups in total. The van der Waals surface area contributed by atoms with E-state index in [4.69, 9.17) is 19.7 Å². The number of methoxy groups -OCH3 is 1. The first-order valence-corrected chi connectivity index (χ1v) is 7.41. The lowest BCUT2D eigenvalue weighted by molar-refractivity contribution is 0.101. The van der Waals surface area contributed by atoms with Crippen LogP contribution in [0.25, 0.3) is 11.1 Å². The van der Waals surface area contributed by atoms with E-state index in [0.29, 0.717) is 11.6 Å². The fourth-order valence-electron chi connectivity index (χ4n) is 2.80. The maximum Gasteiger partial charge on any atom is 0.229 e. The molecule has 1 atom stereocenters. The third kappa shape index (κ3) is 3.01. The first-order chi connectivity index (χ1) is 10.7. The van der Waals surface area contributed by atoms with Crippen molar-refractivity contribution in [2.24, 2.45) is 0 Å². The Kier molecular flexibility index (Phi) is 4.20. The van der Waals surface area contributed by atoms with Gasteiger partial charge >= 0.3 is 0 Å². The van der Waals surface area contributed by atoms with E-state index in [-0.39, 0.29) is 6.10 Å². The number of aromatic nitrogens is 1. The lowest BCUT2D eigenvalue weighted by Gasteiger charge is -2.30. The van der Waals surface area contributed by atoms with Crippen molar-refractivity contribution in [1.29, 1.82) is 0 Å². The van der Waals surface area contributed by atoms with Crippen LogP contribution in [0.3, 0.4) is 0 Å². The Hall–Kier alpha value is -2.21. The van der Waals surface area contributed by atoms with E-state index in [9.17, 15) is 0 Å². The SMILES string of the molecule is COc1ccc(-c2cnoc2N)cc1OC1CCCN(C)C1. The molecule has 1 saturated heterocycles. The smallest absolute Gasteiger partial charge is 0.229 e. The van der Waals surface area contributed by atoms with Crippen molar-refractivity contribution in [2.45, 2.75) is 18.9 Å². The maximum absolute atomic E-state index is 6.17. The van der Waals surface area contributed by atoms with Crippen LogP contribution < -0.4 is 15.2 Å². The normalized spacial score (nSPS) is 19.1. The summed E-state index contributed by atoms with van der Waals surface area (Å²) in [6, 6.07) is 5.72. The van der Waals surface area contributed by atoms with E-state index >= 15 is 0 Å². The van der Waals surface area contributed by atoms with Gasteiger partial charge in [-0.25, -0.2) is 0 Å². The molecule has 2 heterocycles. The summed E-state index contributed by atoms with van der Waals surface area (Å²) in [4.78, 5) is 2.28. The van der Waals surface area contributed by atoms with Gasteiger partial charge in [-0.05, 0) is 44.1 Å². The second kappa shape index (κ2) is 6.27. The molecule has 0 radical (unpaired) electrons. The highest BCUT2D eigenvalue weighted by Gasteiger charge is 2.20. The van der Waals surface area contributed by atoms with Crippen molar-refractivity contribution in [3.63, 3.8) is 0 Å². The Morgan fingerprint density at radius 3 is 2.91 bits per heavy atom. The number of nitrogens with two attached hydrogens (primary N) is 1. The summed E-state index contributed by atoms with van der Waals surface area (Å²) in [5, 5.41) is 3.72. The van der Waals surface area contributed by atoms with E-state index in [1.165, 1.54) is 0 Å². The molecule has 2 aromatic rings. The van der Waals surface area contributed by atoms with E-state index in [1.54, 1.807) is 13.3 Å². The topological polar surface area (TPSA) is 73.8 Å². The molecule has 0 amide bonds. The molecule has 22 heavy (non-hydrogen) atoms. The molecule has 1 aliphatic heterocycles. The highest BCUT2D eigenvalue weighted by atomic mass is 16.5. The number of rotatable bonds is 4. The van der Waals surface area contributed by atoms with Crippen molar-refractivity contribution in [3.8, 4) is 22.6 Å². The van der Waals surface area contributed by atoms with Crippen LogP contribution in [0.4, 0.5) is 5.88 Å². The molecule has 1 aliphatic rings. The van der Waals surface area contributed by atoms with Gasteiger partial charge in [0.25, 0.3) is 0 Å². The molecule has 1 aromatic carbocycles. The zero-order valence-corrected chi connectivity index (χ0v) is 12.9. The molecule has 6 heteroatoms. The average molecular weight is 303 g/mol. The fourth-order valence-corrected chi connectivity index (χ4v) is 2.80. The number of benzene rings is 1. The Morgan fingerprint density at radius 1 is 1.36 bits per heavy atom. The molecular weight excluding hydrogens is 282 g/mol. The van der Waals surface area contributed by atoms with E-state index in [0.717, 1.165) is 42.8 Å². The Morgan fingerprint density at radius 2 is 2.23 bits per heavy atom. The molecule has 0 bridgehead atoms. The van der Waals surface area contributed by atoms with Crippen LogP contribution >= 0.6 is 0 Å². The number of likely N-dealkylation sites (tertiary alicyclic amines) is 1. The van der Waals surface area contributed by atoms with Crippen LogP contribution in [-0.2, 0) is 0 Å². The number of nitrogens with zero attached hydrogens (tertiary/aromatic N) is 2. The van der Waals surface area contributed by atoms with Crippen LogP contribution in [0.5, 0.6) is 11.5 Å². The van der Waals surface area contributed by atoms with Crippen LogP contribution in [0, 0.1) is 0 Å². The van der Waals surface area contributed by atoms with E-state index < -0.39 is 0 Å². The minimum absolute atomic E-state index is 0.169. The number of anilines is 1. The van der Waals surface area contributed by atoms with Crippen molar-refractivity contribution in [1.82, 2.24) is 10.1 Å². The molecule has 0 aliphatic carbocycles. The summed E-state index contributed by atoms with van der Waals surface area (Å²) in [5.74, 6) is 1.74. The molecule has 1 unspecified atom stereocenters. The van der Waals surface area contributed by atoms with E-state index in [2.05, 4.69) is 17.1 Å². The number of likely N-dealkylation sites (N-methyl/N-ethyl adjacent to an activating group) is 1. The predicted octanol–water partition coefficient (Wildman–Crippen LogP) is 2.41. The zero-order valence-electron chi connectivity index (χ0n) is 12.9. The van der Waals surface area contributed by atoms with Crippen molar-refractivity contribution >= 4 is 5.88 Å². The molecule has 6 nitrogen and oxygen atoms in total. The summed E-state index contributed by atoms with van der Waals surface area (Å²) in [6.45, 7) is 2.04. The van der Waals surface area contributed by atoms with E-state index in [1.807, 2.05) is 18.2 Å². The van der Waals surface area contributed by atoms with Gasteiger partial charge in [-0.1, -0.05) is 11.2 Å². The van der Waals surface area contributed by atoms with Crippen molar-refractivity contribution in [3.05, 3.63) is 24.4 Å². The standard InChI is InChI=1S/C16H21N3O3/c1-19-7-3-4-12(10-19)21-15-8-11(5-6-14(15)20-2)13-9-18-22-16(13)17/h5-6,8-9,12H,3-4,7,10,17H2,1-2H3. The van der Waals surface area contributed by atoms with Gasteiger partial charge in [0.1, 0.15) is 6.10 Å². The second-order valence-corrected chi connectivity index (χ2v) is 5.61. The Bertz CT molecular complexity index is 641. The highest BCUT2D eigenvalue weighted by Crippen LogP contribution is 2.35. The molecule has 3 rings (SSSR count). The van der Waals surface area contributed by atoms with Gasteiger partial charge in [0.15, 0.2) is 11.5 Å². The monoisotopic (exact) mass is 303 g/mol. The summed E-state index contributed by atoms with van der Waals surface area (Å²) in [7, 11) is 3.75. The van der Waals surface area contributed by atoms with Crippen LogP contribution in [-0.4, -0.2) is 43.4 Å². The minimum Gasteiger partial charge on any atom is -0.493 e. The van der Waals surface area contributed by atoms with Gasteiger partial charge in [0.05, 0.1) is 18.9 Å². The van der Waals surface area contributed by atoms with Gasteiger partial charge in [0, 0.05) is 6.54 Å². The quantitative estimate of drug-likeness (QED) is 0.935. The first-order valence-electron chi connectivity index (χ1n) is 7.41. The summed E-state index contributed by atoms with van der Waals surface area (Å²) in [6.07, 6.45) is 3.97. The van der Waals surface area contributed by atoms with Crippen molar-refractivity contribution < 1.29 is 14.0 Å². The van der Waals surface area contributed by atoms with Crippen LogP contribution in [0.2, 0.25) is 0 Å². The maximum atomic E-state index is 6.17. The third-order valence-electron chi connectivity index (χ3n) is 3.95. The Balaban J connectivity index is 1.86. The molecule has 1 fully saturated rings. The molecule has 1 aromatic heterocycles. The van der Waals surface area contributed by atoms with Crippen LogP contribution in [0.15, 0.2) is 28.9 Å². The molecule has 0 spiro atoms. The molecule has 118 valence electrons. The number of hydrogen-bond acceptors (Lipinski definition) is 6. The number of ether oxygens (including phenoxy) is 2. The lowest BCUT2D eigenvalue weighted by atomic mass is 10.1. The third-order valence-corrected chi connectivity index (χ3v) is 3.95. The predicted molar refractivity (Wildman–Crippen MR) is 84.1 cm³/mol. The van der Waals surface area contributed by atoms with Crippen molar-refractivity contribution in [2.75, 3.05) is 33.0 Å². The Labute approximate surface area is 129 Å². The number of hydrogen-bond donors (Lipinski definition) is 1. The van der Waals surface area contributed by atoms with Gasteiger partial charge in [-0.2, -0.15) is 0 Å². The summed E-state index contributed by atoms with van der Waals surface area (Å²) in [5.41, 5.74) is 7.45. The first kappa shape index (κ1) is 14.7. The van der Waals surface area contributed by atoms with Gasteiger partial charge in [-0.15, -0.1) is 0 Å². The van der Waals surface area contributed by atoms with Gasteiger partial charge < -0.3 is 24.6 Å². The highest BCUT2D eigenvalue weighted by molar-refractivity contribution is 5.74. The molecular formula is C16H21N3O3. The summed E-state index contributed by atoms with van der Waals surface area (Å²) >= 11 is 0.